The first-order valence-corrected chi connectivity index (χ1v) is 6.62. The molecule has 3 heteroatoms. The minimum absolute atomic E-state index is 0.105. The standard InChI is InChI=1S/C14H20ClNO/c1-14(2)11-16(10-13(8-15)17-14)9-12-6-4-3-5-7-12/h3-7,13H,8-11H2,1-2H3. The summed E-state index contributed by atoms with van der Waals surface area (Å²) in [6.07, 6.45) is 0.143. The molecule has 2 nitrogen and oxygen atoms in total. The molecular weight excluding hydrogens is 234 g/mol. The van der Waals surface area contributed by atoms with Gasteiger partial charge in [0.05, 0.1) is 11.7 Å². The van der Waals surface area contributed by atoms with E-state index in [4.69, 9.17) is 16.3 Å². The molecule has 2 rings (SSSR count). The third kappa shape index (κ3) is 3.70. The predicted molar refractivity (Wildman–Crippen MR) is 71.4 cm³/mol. The number of halogens is 1. The van der Waals surface area contributed by atoms with Gasteiger partial charge in [-0.1, -0.05) is 30.3 Å². The Hall–Kier alpha value is -0.570. The summed E-state index contributed by atoms with van der Waals surface area (Å²) in [5, 5.41) is 0. The molecule has 1 aliphatic heterocycles. The highest BCUT2D eigenvalue weighted by Crippen LogP contribution is 2.23. The van der Waals surface area contributed by atoms with Crippen LogP contribution in [0, 0.1) is 0 Å². The van der Waals surface area contributed by atoms with Crippen LogP contribution in [0.5, 0.6) is 0 Å². The van der Waals surface area contributed by atoms with Gasteiger partial charge in [-0.25, -0.2) is 0 Å². The van der Waals surface area contributed by atoms with Gasteiger partial charge >= 0.3 is 0 Å². The number of hydrogen-bond acceptors (Lipinski definition) is 2. The van der Waals surface area contributed by atoms with Gasteiger partial charge in [0, 0.05) is 25.5 Å². The lowest BCUT2D eigenvalue weighted by Crippen LogP contribution is -2.52. The smallest absolute Gasteiger partial charge is 0.0845 e. The van der Waals surface area contributed by atoms with Gasteiger partial charge in [-0.3, -0.25) is 4.90 Å². The van der Waals surface area contributed by atoms with Crippen LogP contribution in [-0.2, 0) is 11.3 Å². The van der Waals surface area contributed by atoms with Crippen LogP contribution in [0.4, 0.5) is 0 Å². The van der Waals surface area contributed by atoms with Crippen LogP contribution in [0.3, 0.4) is 0 Å². The molecule has 0 spiro atoms. The van der Waals surface area contributed by atoms with Crippen LogP contribution < -0.4 is 0 Å². The van der Waals surface area contributed by atoms with Crippen molar-refractivity contribution in [1.29, 1.82) is 0 Å². The maximum Gasteiger partial charge on any atom is 0.0845 e. The molecule has 1 heterocycles. The first kappa shape index (κ1) is 12.9. The first-order valence-electron chi connectivity index (χ1n) is 6.09. The van der Waals surface area contributed by atoms with Crippen molar-refractivity contribution in [1.82, 2.24) is 4.90 Å². The molecule has 94 valence electrons. The maximum absolute atomic E-state index is 5.92. The molecular formula is C14H20ClNO. The Bertz CT molecular complexity index is 352. The maximum atomic E-state index is 5.92. The molecule has 0 radical (unpaired) electrons. The molecule has 0 bridgehead atoms. The Kier molecular flexibility index (Phi) is 4.08. The van der Waals surface area contributed by atoms with Crippen molar-refractivity contribution in [3.05, 3.63) is 35.9 Å². The topological polar surface area (TPSA) is 12.5 Å². The average molecular weight is 254 g/mol. The fourth-order valence-corrected chi connectivity index (χ4v) is 2.62. The van der Waals surface area contributed by atoms with E-state index in [-0.39, 0.29) is 11.7 Å². The molecule has 1 unspecified atom stereocenters. The van der Waals surface area contributed by atoms with Crippen molar-refractivity contribution in [3.63, 3.8) is 0 Å². The molecule has 17 heavy (non-hydrogen) atoms. The van der Waals surface area contributed by atoms with Crippen molar-refractivity contribution in [2.24, 2.45) is 0 Å². The monoisotopic (exact) mass is 253 g/mol. The molecule has 0 saturated carbocycles. The minimum atomic E-state index is -0.105. The predicted octanol–water partition coefficient (Wildman–Crippen LogP) is 2.90. The van der Waals surface area contributed by atoms with Crippen molar-refractivity contribution >= 4 is 11.6 Å². The first-order chi connectivity index (χ1) is 8.09. The van der Waals surface area contributed by atoms with Crippen molar-refractivity contribution in [2.45, 2.75) is 32.1 Å². The summed E-state index contributed by atoms with van der Waals surface area (Å²) in [7, 11) is 0. The SMILES string of the molecule is CC1(C)CN(Cc2ccccc2)CC(CCl)O1. The van der Waals surface area contributed by atoms with Gasteiger partial charge in [0.25, 0.3) is 0 Å². The molecule has 1 fully saturated rings. The highest BCUT2D eigenvalue weighted by molar-refractivity contribution is 6.18. The molecule has 0 aliphatic carbocycles. The van der Waals surface area contributed by atoms with E-state index in [0.717, 1.165) is 19.6 Å². The minimum Gasteiger partial charge on any atom is -0.368 e. The van der Waals surface area contributed by atoms with E-state index in [9.17, 15) is 0 Å². The van der Waals surface area contributed by atoms with Crippen LogP contribution in [0.2, 0.25) is 0 Å². The molecule has 0 amide bonds. The number of hydrogen-bond donors (Lipinski definition) is 0. The normalized spacial score (nSPS) is 24.8. The summed E-state index contributed by atoms with van der Waals surface area (Å²) in [6.45, 7) is 7.10. The lowest BCUT2D eigenvalue weighted by atomic mass is 10.0. The molecule has 0 N–H and O–H groups in total. The number of ether oxygens (including phenoxy) is 1. The molecule has 1 aromatic rings. The Morgan fingerprint density at radius 2 is 2.06 bits per heavy atom. The van der Waals surface area contributed by atoms with Crippen LogP contribution in [-0.4, -0.2) is 35.6 Å². The van der Waals surface area contributed by atoms with E-state index >= 15 is 0 Å². The molecule has 1 aliphatic rings. The van der Waals surface area contributed by atoms with E-state index in [1.165, 1.54) is 5.56 Å². The largest absolute Gasteiger partial charge is 0.368 e. The van der Waals surface area contributed by atoms with Crippen LogP contribution >= 0.6 is 11.6 Å². The van der Waals surface area contributed by atoms with Gasteiger partial charge in [0.15, 0.2) is 0 Å². The molecule has 1 atom stereocenters. The lowest BCUT2D eigenvalue weighted by Gasteiger charge is -2.42. The van der Waals surface area contributed by atoms with E-state index in [1.54, 1.807) is 0 Å². The Morgan fingerprint density at radius 3 is 2.71 bits per heavy atom. The fraction of sp³-hybridized carbons (Fsp3) is 0.571. The number of nitrogens with zero attached hydrogens (tertiary/aromatic N) is 1. The highest BCUT2D eigenvalue weighted by Gasteiger charge is 2.32. The number of alkyl halides is 1. The summed E-state index contributed by atoms with van der Waals surface area (Å²) >= 11 is 5.92. The van der Waals surface area contributed by atoms with Gasteiger partial charge in [-0.2, -0.15) is 0 Å². The summed E-state index contributed by atoms with van der Waals surface area (Å²) in [4.78, 5) is 2.42. The third-order valence-electron chi connectivity index (χ3n) is 2.97. The fourth-order valence-electron chi connectivity index (χ4n) is 2.46. The van der Waals surface area contributed by atoms with Crippen LogP contribution in [0.25, 0.3) is 0 Å². The van der Waals surface area contributed by atoms with Gasteiger partial charge in [0.2, 0.25) is 0 Å². The average Bonchev–Trinajstić information content (AvgIpc) is 2.28. The summed E-state index contributed by atoms with van der Waals surface area (Å²) in [5.74, 6) is 0.564. The lowest BCUT2D eigenvalue weighted by molar-refractivity contribution is -0.129. The Labute approximate surface area is 109 Å². The molecule has 1 aromatic carbocycles. The van der Waals surface area contributed by atoms with Gasteiger partial charge < -0.3 is 4.74 Å². The molecule has 1 saturated heterocycles. The second-order valence-electron chi connectivity index (χ2n) is 5.31. The Balaban J connectivity index is 2.01. The number of benzene rings is 1. The van der Waals surface area contributed by atoms with Crippen molar-refractivity contribution in [2.75, 3.05) is 19.0 Å². The summed E-state index contributed by atoms with van der Waals surface area (Å²) in [5.41, 5.74) is 1.24. The van der Waals surface area contributed by atoms with Gasteiger partial charge in [-0.15, -0.1) is 11.6 Å². The quantitative estimate of drug-likeness (QED) is 0.768. The summed E-state index contributed by atoms with van der Waals surface area (Å²) in [6, 6.07) is 10.5. The second-order valence-corrected chi connectivity index (χ2v) is 5.62. The summed E-state index contributed by atoms with van der Waals surface area (Å²) < 4.78 is 5.92. The zero-order chi connectivity index (χ0) is 12.3. The highest BCUT2D eigenvalue weighted by atomic mass is 35.5. The van der Waals surface area contributed by atoms with E-state index in [1.807, 2.05) is 6.07 Å². The van der Waals surface area contributed by atoms with E-state index in [2.05, 4.69) is 43.0 Å². The second kappa shape index (κ2) is 5.38. The number of rotatable bonds is 3. The zero-order valence-corrected chi connectivity index (χ0v) is 11.3. The van der Waals surface area contributed by atoms with Crippen molar-refractivity contribution < 1.29 is 4.74 Å². The van der Waals surface area contributed by atoms with Gasteiger partial charge in [0.1, 0.15) is 0 Å². The van der Waals surface area contributed by atoms with Crippen LogP contribution in [0.15, 0.2) is 30.3 Å². The zero-order valence-electron chi connectivity index (χ0n) is 10.5. The Morgan fingerprint density at radius 1 is 1.35 bits per heavy atom. The van der Waals surface area contributed by atoms with Crippen molar-refractivity contribution in [3.8, 4) is 0 Å². The van der Waals surface area contributed by atoms with Gasteiger partial charge in [-0.05, 0) is 19.4 Å². The number of morpholine rings is 1. The van der Waals surface area contributed by atoms with Crippen LogP contribution in [0.1, 0.15) is 19.4 Å². The van der Waals surface area contributed by atoms with E-state index in [0.29, 0.717) is 5.88 Å². The third-order valence-corrected chi connectivity index (χ3v) is 3.32. The molecule has 0 aromatic heterocycles. The van der Waals surface area contributed by atoms with E-state index < -0.39 is 0 Å².